The van der Waals surface area contributed by atoms with Gasteiger partial charge in [-0.1, -0.05) is 0 Å². The van der Waals surface area contributed by atoms with Gasteiger partial charge in [-0.3, -0.25) is 14.5 Å². The van der Waals surface area contributed by atoms with Crippen molar-refractivity contribution < 1.29 is 24.2 Å². The molecule has 1 fully saturated rings. The van der Waals surface area contributed by atoms with E-state index in [1.54, 1.807) is 32.7 Å². The highest BCUT2D eigenvalue weighted by Gasteiger charge is 2.50. The number of carbonyl (C=O) groups is 3. The van der Waals surface area contributed by atoms with Gasteiger partial charge in [0, 0.05) is 19.6 Å². The average Bonchev–Trinajstić information content (AvgIpc) is 2.30. The Hall–Kier alpha value is -1.83. The maximum Gasteiger partial charge on any atom is 0.410 e. The molecule has 0 spiro atoms. The second-order valence-corrected chi connectivity index (χ2v) is 6.94. The van der Waals surface area contributed by atoms with Crippen LogP contribution in [0.5, 0.6) is 0 Å². The predicted octanol–water partition coefficient (Wildman–Crippen LogP) is 0.519. The van der Waals surface area contributed by atoms with Crippen molar-refractivity contribution in [2.75, 3.05) is 33.2 Å². The lowest BCUT2D eigenvalue weighted by atomic mass is 9.84. The van der Waals surface area contributed by atoms with E-state index in [-0.39, 0.29) is 32.0 Å². The van der Waals surface area contributed by atoms with Gasteiger partial charge in [0.05, 0.1) is 18.5 Å². The molecule has 23 heavy (non-hydrogen) atoms. The van der Waals surface area contributed by atoms with E-state index < -0.39 is 23.2 Å². The fourth-order valence-corrected chi connectivity index (χ4v) is 2.53. The molecule has 0 bridgehead atoms. The van der Waals surface area contributed by atoms with E-state index in [1.165, 1.54) is 4.90 Å². The molecule has 8 nitrogen and oxygen atoms in total. The second kappa shape index (κ2) is 7.16. The van der Waals surface area contributed by atoms with Crippen LogP contribution in [0.15, 0.2) is 0 Å². The van der Waals surface area contributed by atoms with Gasteiger partial charge in [0.25, 0.3) is 0 Å². The van der Waals surface area contributed by atoms with Crippen molar-refractivity contribution in [1.82, 2.24) is 15.1 Å². The Bertz CT molecular complexity index is 466. The molecule has 0 saturated carbocycles. The summed E-state index contributed by atoms with van der Waals surface area (Å²) in [4.78, 5) is 38.1. The van der Waals surface area contributed by atoms with Crippen LogP contribution in [-0.4, -0.2) is 77.2 Å². The Morgan fingerprint density at radius 2 is 1.87 bits per heavy atom. The molecule has 0 aliphatic carbocycles. The number of amides is 2. The molecule has 1 saturated heterocycles. The highest BCUT2D eigenvalue weighted by Crippen LogP contribution is 2.31. The van der Waals surface area contributed by atoms with Crippen LogP contribution in [0.3, 0.4) is 0 Å². The third kappa shape index (κ3) is 5.38. The second-order valence-electron chi connectivity index (χ2n) is 6.94. The number of nitrogens with zero attached hydrogens (tertiary/aromatic N) is 2. The number of hydrogen-bond acceptors (Lipinski definition) is 5. The zero-order valence-corrected chi connectivity index (χ0v) is 14.5. The molecule has 132 valence electrons. The zero-order valence-electron chi connectivity index (χ0n) is 14.5. The summed E-state index contributed by atoms with van der Waals surface area (Å²) in [5.41, 5.74) is -1.34. The van der Waals surface area contributed by atoms with E-state index in [0.29, 0.717) is 6.54 Å². The molecular weight excluding hydrogens is 302 g/mol. The topological polar surface area (TPSA) is 99.2 Å². The van der Waals surface area contributed by atoms with Crippen LogP contribution >= 0.6 is 0 Å². The first-order valence-corrected chi connectivity index (χ1v) is 7.67. The number of rotatable bonds is 6. The number of likely N-dealkylation sites (tertiary alicyclic amines) is 1. The van der Waals surface area contributed by atoms with Gasteiger partial charge in [-0.05, 0) is 34.7 Å². The third-order valence-corrected chi connectivity index (χ3v) is 3.67. The molecule has 0 aromatic carbocycles. The van der Waals surface area contributed by atoms with Gasteiger partial charge in [0.2, 0.25) is 5.91 Å². The molecular formula is C15H27N3O5. The van der Waals surface area contributed by atoms with Crippen molar-refractivity contribution in [3.05, 3.63) is 0 Å². The fraction of sp³-hybridized carbons (Fsp3) is 0.800. The van der Waals surface area contributed by atoms with Gasteiger partial charge in [-0.25, -0.2) is 4.79 Å². The molecule has 0 unspecified atom stereocenters. The summed E-state index contributed by atoms with van der Waals surface area (Å²) in [6.45, 7) is 8.20. The minimum atomic E-state index is -0.961. The third-order valence-electron chi connectivity index (χ3n) is 3.67. The lowest BCUT2D eigenvalue weighted by Gasteiger charge is -2.53. The first-order valence-electron chi connectivity index (χ1n) is 7.67. The molecule has 2 amide bonds. The summed E-state index contributed by atoms with van der Waals surface area (Å²) in [7, 11) is 1.70. The number of ether oxygens (including phenoxy) is 1. The van der Waals surface area contributed by atoms with Crippen molar-refractivity contribution in [2.24, 2.45) is 0 Å². The summed E-state index contributed by atoms with van der Waals surface area (Å²) in [6, 6.07) is 0. The Balaban J connectivity index is 2.71. The number of hydrogen-bond donors (Lipinski definition) is 2. The minimum absolute atomic E-state index is 0.0866. The molecule has 1 aliphatic rings. The lowest BCUT2D eigenvalue weighted by molar-refractivity contribution is -0.146. The van der Waals surface area contributed by atoms with Crippen LogP contribution in [0.25, 0.3) is 0 Å². The van der Waals surface area contributed by atoms with E-state index in [1.807, 2.05) is 6.92 Å². The SMILES string of the molecule is CCNC(=O)CN(C)C1(CC(=O)O)CN(C(=O)OC(C)(C)C)C1. The molecule has 8 heteroatoms. The molecule has 0 radical (unpaired) electrons. The van der Waals surface area contributed by atoms with E-state index in [2.05, 4.69) is 5.32 Å². The van der Waals surface area contributed by atoms with E-state index in [9.17, 15) is 14.4 Å². The number of aliphatic carboxylic acids is 1. The van der Waals surface area contributed by atoms with Crippen LogP contribution in [0.2, 0.25) is 0 Å². The first kappa shape index (κ1) is 19.2. The number of nitrogens with one attached hydrogen (secondary N) is 1. The number of likely N-dealkylation sites (N-methyl/N-ethyl adjacent to an activating group) is 2. The van der Waals surface area contributed by atoms with Crippen molar-refractivity contribution in [2.45, 2.75) is 45.3 Å². The molecule has 0 aromatic heterocycles. The van der Waals surface area contributed by atoms with Crippen LogP contribution in [0.1, 0.15) is 34.1 Å². The van der Waals surface area contributed by atoms with Crippen LogP contribution in [0.4, 0.5) is 4.79 Å². The molecule has 1 aliphatic heterocycles. The highest BCUT2D eigenvalue weighted by atomic mass is 16.6. The number of carboxylic acids is 1. The summed E-state index contributed by atoms with van der Waals surface area (Å²) >= 11 is 0. The van der Waals surface area contributed by atoms with Crippen molar-refractivity contribution in [3.63, 3.8) is 0 Å². The Morgan fingerprint density at radius 1 is 1.30 bits per heavy atom. The number of carboxylic acid groups (broad SMARTS) is 1. The smallest absolute Gasteiger partial charge is 0.410 e. The van der Waals surface area contributed by atoms with E-state index >= 15 is 0 Å². The average molecular weight is 329 g/mol. The minimum Gasteiger partial charge on any atom is -0.481 e. The van der Waals surface area contributed by atoms with Crippen LogP contribution < -0.4 is 5.32 Å². The van der Waals surface area contributed by atoms with Crippen molar-refractivity contribution in [3.8, 4) is 0 Å². The molecule has 0 atom stereocenters. The Labute approximate surface area is 136 Å². The quantitative estimate of drug-likeness (QED) is 0.737. The van der Waals surface area contributed by atoms with E-state index in [4.69, 9.17) is 9.84 Å². The van der Waals surface area contributed by atoms with Gasteiger partial charge >= 0.3 is 12.1 Å². The molecule has 1 heterocycles. The normalized spacial score (nSPS) is 16.7. The summed E-state index contributed by atoms with van der Waals surface area (Å²) in [5.74, 6) is -1.13. The van der Waals surface area contributed by atoms with Crippen molar-refractivity contribution >= 4 is 18.0 Å². The van der Waals surface area contributed by atoms with Gasteiger partial charge in [0.15, 0.2) is 0 Å². The van der Waals surface area contributed by atoms with Crippen LogP contribution in [-0.2, 0) is 14.3 Å². The highest BCUT2D eigenvalue weighted by molar-refractivity contribution is 5.78. The Morgan fingerprint density at radius 3 is 2.30 bits per heavy atom. The van der Waals surface area contributed by atoms with Gasteiger partial charge < -0.3 is 20.1 Å². The zero-order chi connectivity index (χ0) is 17.8. The van der Waals surface area contributed by atoms with Gasteiger partial charge in [-0.2, -0.15) is 0 Å². The lowest BCUT2D eigenvalue weighted by Crippen LogP contribution is -2.72. The summed E-state index contributed by atoms with van der Waals surface area (Å²) in [5, 5.41) is 11.8. The first-order chi connectivity index (χ1) is 10.5. The molecule has 1 rings (SSSR count). The van der Waals surface area contributed by atoms with E-state index in [0.717, 1.165) is 0 Å². The van der Waals surface area contributed by atoms with Gasteiger partial charge in [0.1, 0.15) is 5.60 Å². The molecule has 2 N–H and O–H groups in total. The standard InChI is InChI=1S/C15H27N3O5/c1-6-16-11(19)8-17(5)15(7-12(20)21)9-18(10-15)13(22)23-14(2,3)4/h6-10H2,1-5H3,(H,16,19)(H,20,21). The summed E-state index contributed by atoms with van der Waals surface area (Å²) < 4.78 is 5.28. The molecule has 0 aromatic rings. The fourth-order valence-electron chi connectivity index (χ4n) is 2.53. The maximum absolute atomic E-state index is 12.0. The largest absolute Gasteiger partial charge is 0.481 e. The van der Waals surface area contributed by atoms with Crippen LogP contribution in [0, 0.1) is 0 Å². The maximum atomic E-state index is 12.0. The predicted molar refractivity (Wildman–Crippen MR) is 84.1 cm³/mol. The number of carbonyl (C=O) groups excluding carboxylic acids is 2. The summed E-state index contributed by atoms with van der Waals surface area (Å²) in [6.07, 6.45) is -0.604. The monoisotopic (exact) mass is 329 g/mol. The van der Waals surface area contributed by atoms with Crippen molar-refractivity contribution in [1.29, 1.82) is 0 Å². The van der Waals surface area contributed by atoms with Gasteiger partial charge in [-0.15, -0.1) is 0 Å². The Kier molecular flexibility index (Phi) is 5.98.